The summed E-state index contributed by atoms with van der Waals surface area (Å²) in [6.45, 7) is 1.74. The van der Waals surface area contributed by atoms with E-state index in [2.05, 4.69) is 25.9 Å². The molecule has 4 nitrogen and oxygen atoms in total. The Kier molecular flexibility index (Phi) is 5.96. The summed E-state index contributed by atoms with van der Waals surface area (Å²) < 4.78 is 20.6. The van der Waals surface area contributed by atoms with Crippen molar-refractivity contribution in [3.8, 4) is 0 Å². The van der Waals surface area contributed by atoms with Gasteiger partial charge < -0.3 is 9.84 Å². The highest BCUT2D eigenvalue weighted by Gasteiger charge is 2.19. The van der Waals surface area contributed by atoms with Crippen LogP contribution in [0.2, 0.25) is 0 Å². The average molecular weight is 419 g/mol. The molecule has 0 bridgehead atoms. The summed E-state index contributed by atoms with van der Waals surface area (Å²) in [5.74, 6) is -0.496. The van der Waals surface area contributed by atoms with E-state index in [9.17, 15) is 9.50 Å². The number of benzene rings is 1. The maximum Gasteiger partial charge on any atom is 0.144 e. The number of fused-ring (bicyclic) bond motifs is 1. The van der Waals surface area contributed by atoms with Gasteiger partial charge in [-0.3, -0.25) is 9.97 Å². The van der Waals surface area contributed by atoms with Crippen LogP contribution in [0.4, 0.5) is 4.39 Å². The van der Waals surface area contributed by atoms with Crippen LogP contribution in [0.1, 0.15) is 35.9 Å². The Hall–Kier alpha value is -1.89. The molecule has 0 radical (unpaired) electrons. The van der Waals surface area contributed by atoms with E-state index >= 15 is 0 Å². The SMILES string of the molecule is COC(CO)c1ccc(F)c(C(C)Cc2ccnc3ccc(Br)cc23)n1. The number of aliphatic hydroxyl groups is 1. The highest BCUT2D eigenvalue weighted by Crippen LogP contribution is 2.28. The Bertz CT molecular complexity index is 915. The summed E-state index contributed by atoms with van der Waals surface area (Å²) in [7, 11) is 1.50. The molecule has 0 amide bonds. The molecule has 0 aliphatic carbocycles. The highest BCUT2D eigenvalue weighted by molar-refractivity contribution is 9.10. The third-order valence-corrected chi connectivity index (χ3v) is 4.95. The first-order valence-electron chi connectivity index (χ1n) is 8.36. The average Bonchev–Trinajstić information content (AvgIpc) is 2.64. The molecule has 3 aromatic rings. The van der Waals surface area contributed by atoms with Gasteiger partial charge in [0.1, 0.15) is 11.9 Å². The fourth-order valence-corrected chi connectivity index (χ4v) is 3.43. The highest BCUT2D eigenvalue weighted by atomic mass is 79.9. The number of nitrogens with zero attached hydrogens (tertiary/aromatic N) is 2. The predicted molar refractivity (Wildman–Crippen MR) is 103 cm³/mol. The minimum absolute atomic E-state index is 0.143. The van der Waals surface area contributed by atoms with Crippen molar-refractivity contribution >= 4 is 26.8 Å². The Morgan fingerprint density at radius 3 is 2.77 bits per heavy atom. The zero-order valence-corrected chi connectivity index (χ0v) is 16.2. The first kappa shape index (κ1) is 18.9. The number of rotatable bonds is 6. The molecule has 2 heterocycles. The van der Waals surface area contributed by atoms with Crippen molar-refractivity contribution < 1.29 is 14.2 Å². The number of hydrogen-bond donors (Lipinski definition) is 1. The van der Waals surface area contributed by atoms with E-state index in [-0.39, 0.29) is 18.3 Å². The van der Waals surface area contributed by atoms with E-state index in [4.69, 9.17) is 4.74 Å². The van der Waals surface area contributed by atoms with Crippen molar-refractivity contribution in [2.75, 3.05) is 13.7 Å². The topological polar surface area (TPSA) is 55.2 Å². The lowest BCUT2D eigenvalue weighted by molar-refractivity contribution is 0.0452. The molecule has 0 aliphatic rings. The zero-order valence-electron chi connectivity index (χ0n) is 14.6. The molecule has 2 unspecified atom stereocenters. The molecule has 26 heavy (non-hydrogen) atoms. The largest absolute Gasteiger partial charge is 0.393 e. The first-order chi connectivity index (χ1) is 12.5. The monoisotopic (exact) mass is 418 g/mol. The van der Waals surface area contributed by atoms with Crippen LogP contribution in [-0.2, 0) is 11.2 Å². The van der Waals surface area contributed by atoms with Gasteiger partial charge in [-0.1, -0.05) is 22.9 Å². The standard InChI is InChI=1S/C20H20BrFN2O2/c1-12(20-16(22)4-6-18(24-20)19(11-25)26-2)9-13-7-8-23-17-5-3-14(21)10-15(13)17/h3-8,10,12,19,25H,9,11H2,1-2H3. The van der Waals surface area contributed by atoms with Crippen molar-refractivity contribution in [3.05, 3.63) is 69.8 Å². The number of methoxy groups -OCH3 is 1. The molecule has 0 spiro atoms. The lowest BCUT2D eigenvalue weighted by Gasteiger charge is -2.17. The third-order valence-electron chi connectivity index (χ3n) is 4.46. The van der Waals surface area contributed by atoms with E-state index < -0.39 is 6.10 Å². The Labute approximate surface area is 160 Å². The van der Waals surface area contributed by atoms with E-state index in [1.54, 1.807) is 12.3 Å². The number of ether oxygens (including phenoxy) is 1. The van der Waals surface area contributed by atoms with Crippen molar-refractivity contribution in [2.24, 2.45) is 0 Å². The molecule has 1 N–H and O–H groups in total. The van der Waals surface area contributed by atoms with Crippen molar-refractivity contribution in [3.63, 3.8) is 0 Å². The minimum atomic E-state index is -0.556. The van der Waals surface area contributed by atoms with Crippen LogP contribution < -0.4 is 0 Å². The number of aliphatic hydroxyl groups excluding tert-OH is 1. The lowest BCUT2D eigenvalue weighted by atomic mass is 9.94. The second-order valence-electron chi connectivity index (χ2n) is 6.25. The first-order valence-corrected chi connectivity index (χ1v) is 9.16. The molecule has 2 aromatic heterocycles. The summed E-state index contributed by atoms with van der Waals surface area (Å²) in [5.41, 5.74) is 2.89. The maximum absolute atomic E-state index is 14.4. The van der Waals surface area contributed by atoms with E-state index in [0.29, 0.717) is 17.8 Å². The van der Waals surface area contributed by atoms with Crippen LogP contribution >= 0.6 is 15.9 Å². The number of hydrogen-bond acceptors (Lipinski definition) is 4. The zero-order chi connectivity index (χ0) is 18.7. The van der Waals surface area contributed by atoms with Gasteiger partial charge in [-0.05, 0) is 48.4 Å². The molecule has 6 heteroatoms. The third kappa shape index (κ3) is 3.92. The second kappa shape index (κ2) is 8.20. The van der Waals surface area contributed by atoms with Crippen LogP contribution in [0, 0.1) is 5.82 Å². The second-order valence-corrected chi connectivity index (χ2v) is 7.16. The summed E-state index contributed by atoms with van der Waals surface area (Å²) >= 11 is 3.49. The molecule has 0 aliphatic heterocycles. The van der Waals surface area contributed by atoms with Crippen molar-refractivity contribution in [1.29, 1.82) is 0 Å². The normalized spacial score (nSPS) is 13.7. The molecule has 1 aromatic carbocycles. The molecule has 136 valence electrons. The van der Waals surface area contributed by atoms with Gasteiger partial charge in [0.15, 0.2) is 0 Å². The molecule has 0 saturated heterocycles. The fourth-order valence-electron chi connectivity index (χ4n) is 3.07. The summed E-state index contributed by atoms with van der Waals surface area (Å²) in [5, 5.41) is 10.4. The van der Waals surface area contributed by atoms with Gasteiger partial charge in [0, 0.05) is 29.1 Å². The van der Waals surface area contributed by atoms with E-state index in [0.717, 1.165) is 20.9 Å². The number of halogens is 2. The van der Waals surface area contributed by atoms with Crippen LogP contribution in [0.15, 0.2) is 47.1 Å². The van der Waals surface area contributed by atoms with Crippen LogP contribution in [0.25, 0.3) is 10.9 Å². The maximum atomic E-state index is 14.4. The Balaban J connectivity index is 1.94. The smallest absolute Gasteiger partial charge is 0.144 e. The molecule has 3 rings (SSSR count). The van der Waals surface area contributed by atoms with Crippen molar-refractivity contribution in [1.82, 2.24) is 9.97 Å². The van der Waals surface area contributed by atoms with Gasteiger partial charge in [0.25, 0.3) is 0 Å². The summed E-state index contributed by atoms with van der Waals surface area (Å²) in [4.78, 5) is 8.81. The summed E-state index contributed by atoms with van der Waals surface area (Å²) in [6.07, 6.45) is 1.84. The summed E-state index contributed by atoms with van der Waals surface area (Å²) in [6, 6.07) is 10.8. The fraction of sp³-hybridized carbons (Fsp3) is 0.300. The van der Waals surface area contributed by atoms with Crippen LogP contribution in [0.5, 0.6) is 0 Å². The Morgan fingerprint density at radius 1 is 1.23 bits per heavy atom. The molecule has 0 saturated carbocycles. The number of aromatic nitrogens is 2. The molecule has 0 fully saturated rings. The lowest BCUT2D eigenvalue weighted by Crippen LogP contribution is -2.12. The van der Waals surface area contributed by atoms with Gasteiger partial charge in [-0.15, -0.1) is 0 Å². The Morgan fingerprint density at radius 2 is 2.04 bits per heavy atom. The van der Waals surface area contributed by atoms with Crippen molar-refractivity contribution in [2.45, 2.75) is 25.4 Å². The van der Waals surface area contributed by atoms with Crippen LogP contribution in [0.3, 0.4) is 0 Å². The van der Waals surface area contributed by atoms with E-state index in [1.807, 2.05) is 31.2 Å². The van der Waals surface area contributed by atoms with Gasteiger partial charge in [-0.25, -0.2) is 4.39 Å². The quantitative estimate of drug-likeness (QED) is 0.637. The molecular weight excluding hydrogens is 399 g/mol. The molecule has 2 atom stereocenters. The molecular formula is C20H20BrFN2O2. The van der Waals surface area contributed by atoms with Gasteiger partial charge >= 0.3 is 0 Å². The predicted octanol–water partition coefficient (Wildman–Crippen LogP) is 4.56. The van der Waals surface area contributed by atoms with Crippen LogP contribution in [-0.4, -0.2) is 28.8 Å². The number of pyridine rings is 2. The van der Waals surface area contributed by atoms with E-state index in [1.165, 1.54) is 13.2 Å². The van der Waals surface area contributed by atoms with Gasteiger partial charge in [-0.2, -0.15) is 0 Å². The minimum Gasteiger partial charge on any atom is -0.393 e. The van der Waals surface area contributed by atoms with Gasteiger partial charge in [0.05, 0.1) is 23.5 Å². The van der Waals surface area contributed by atoms with Gasteiger partial charge in [0.2, 0.25) is 0 Å².